The highest BCUT2D eigenvalue weighted by molar-refractivity contribution is 5.88. The van der Waals surface area contributed by atoms with Crippen LogP contribution in [0.1, 0.15) is 18.6 Å². The number of hydrogen-bond acceptors (Lipinski definition) is 6. The van der Waals surface area contributed by atoms with E-state index in [1.807, 2.05) is 0 Å². The molecule has 0 radical (unpaired) electrons. The maximum Gasteiger partial charge on any atom is 0.197 e. The third kappa shape index (κ3) is 4.09. The summed E-state index contributed by atoms with van der Waals surface area (Å²) in [7, 11) is 0. The topological polar surface area (TPSA) is 107 Å². The van der Waals surface area contributed by atoms with Crippen LogP contribution in [0.5, 0.6) is 0 Å². The third-order valence-corrected chi connectivity index (χ3v) is 2.89. The molecule has 0 heterocycles. The van der Waals surface area contributed by atoms with Gasteiger partial charge in [-0.2, -0.15) is 0 Å². The molecule has 0 spiro atoms. The van der Waals surface area contributed by atoms with E-state index in [0.717, 1.165) is 0 Å². The Balaban J connectivity index is 2.89. The Morgan fingerprint density at radius 2 is 1.80 bits per heavy atom. The van der Waals surface area contributed by atoms with Gasteiger partial charge in [0.25, 0.3) is 0 Å². The number of aliphatic hydroxyl groups excluding tert-OH is 4. The van der Waals surface area contributed by atoms with Crippen molar-refractivity contribution in [3.8, 4) is 0 Å². The van der Waals surface area contributed by atoms with Crippen molar-refractivity contribution in [3.63, 3.8) is 0 Å². The van der Waals surface area contributed by atoms with Crippen molar-refractivity contribution >= 4 is 5.78 Å². The fraction of sp³-hybridized carbons (Fsp3) is 0.500. The summed E-state index contributed by atoms with van der Waals surface area (Å²) in [6, 6.07) is 8.55. The van der Waals surface area contributed by atoms with Crippen molar-refractivity contribution in [2.24, 2.45) is 0 Å². The van der Waals surface area contributed by atoms with E-state index in [4.69, 9.17) is 9.84 Å². The number of Topliss-reactive ketones (excluding diaryl/α,β-unsaturated/α-hetero) is 1. The van der Waals surface area contributed by atoms with Gasteiger partial charge in [-0.1, -0.05) is 30.3 Å². The second-order valence-corrected chi connectivity index (χ2v) is 4.33. The quantitative estimate of drug-likeness (QED) is 0.508. The first-order valence-electron chi connectivity index (χ1n) is 6.38. The third-order valence-electron chi connectivity index (χ3n) is 2.89. The van der Waals surface area contributed by atoms with E-state index in [2.05, 4.69) is 0 Å². The van der Waals surface area contributed by atoms with Crippen LogP contribution in [-0.4, -0.2) is 57.7 Å². The lowest BCUT2D eigenvalue weighted by Crippen LogP contribution is -2.45. The summed E-state index contributed by atoms with van der Waals surface area (Å²) in [5.74, 6) is -0.766. The SMILES string of the molecule is CCOC(C(=O)[C@H](O)[C@@H](O)[C@H](O)CO)c1ccccc1. The van der Waals surface area contributed by atoms with Crippen LogP contribution in [0.2, 0.25) is 0 Å². The summed E-state index contributed by atoms with van der Waals surface area (Å²) in [6.45, 7) is 1.20. The molecule has 0 bridgehead atoms. The largest absolute Gasteiger partial charge is 0.394 e. The Bertz CT molecular complexity index is 407. The summed E-state index contributed by atoms with van der Waals surface area (Å²) in [5, 5.41) is 37.4. The van der Waals surface area contributed by atoms with E-state index in [1.165, 1.54) is 0 Å². The van der Waals surface area contributed by atoms with Crippen molar-refractivity contribution in [2.75, 3.05) is 13.2 Å². The zero-order valence-electron chi connectivity index (χ0n) is 11.2. The van der Waals surface area contributed by atoms with Gasteiger partial charge < -0.3 is 25.2 Å². The predicted molar refractivity (Wildman–Crippen MR) is 70.9 cm³/mol. The monoisotopic (exact) mass is 284 g/mol. The second kappa shape index (κ2) is 8.08. The summed E-state index contributed by atoms with van der Waals surface area (Å²) in [6.07, 6.45) is -6.23. The number of rotatable bonds is 8. The standard InChI is InChI=1S/C14H20O6/c1-2-20-14(9-6-4-3-5-7-9)13(19)12(18)11(17)10(16)8-15/h3-7,10-12,14-18H,2,8H2,1H3/t10-,11+,12-,14?/m1/s1. The molecule has 1 unspecified atom stereocenters. The van der Waals surface area contributed by atoms with Crippen molar-refractivity contribution in [3.05, 3.63) is 35.9 Å². The number of ketones is 1. The van der Waals surface area contributed by atoms with Gasteiger partial charge in [-0.05, 0) is 12.5 Å². The second-order valence-electron chi connectivity index (χ2n) is 4.33. The molecule has 1 rings (SSSR count). The molecule has 0 saturated carbocycles. The Labute approximate surface area is 117 Å². The number of benzene rings is 1. The molecule has 6 heteroatoms. The summed E-state index contributed by atoms with van der Waals surface area (Å²) < 4.78 is 5.31. The number of hydrogen-bond donors (Lipinski definition) is 4. The van der Waals surface area contributed by atoms with Gasteiger partial charge >= 0.3 is 0 Å². The normalized spacial score (nSPS) is 17.2. The van der Waals surface area contributed by atoms with Crippen molar-refractivity contribution < 1.29 is 30.0 Å². The van der Waals surface area contributed by atoms with Crippen LogP contribution in [0, 0.1) is 0 Å². The lowest BCUT2D eigenvalue weighted by molar-refractivity contribution is -0.151. The Morgan fingerprint density at radius 1 is 1.20 bits per heavy atom. The number of ether oxygens (including phenoxy) is 1. The van der Waals surface area contributed by atoms with Gasteiger partial charge in [0.1, 0.15) is 24.4 Å². The van der Waals surface area contributed by atoms with Gasteiger partial charge in [0.2, 0.25) is 0 Å². The Morgan fingerprint density at radius 3 is 2.30 bits per heavy atom. The molecule has 4 N–H and O–H groups in total. The van der Waals surface area contributed by atoms with Crippen LogP contribution in [0.25, 0.3) is 0 Å². The zero-order chi connectivity index (χ0) is 15.1. The lowest BCUT2D eigenvalue weighted by Gasteiger charge is -2.24. The molecular formula is C14H20O6. The molecule has 0 aliphatic rings. The minimum atomic E-state index is -1.84. The van der Waals surface area contributed by atoms with E-state index >= 15 is 0 Å². The van der Waals surface area contributed by atoms with Gasteiger partial charge in [0.15, 0.2) is 5.78 Å². The van der Waals surface area contributed by atoms with Crippen LogP contribution in [-0.2, 0) is 9.53 Å². The maximum absolute atomic E-state index is 12.2. The van der Waals surface area contributed by atoms with E-state index in [0.29, 0.717) is 5.56 Å². The highest BCUT2D eigenvalue weighted by atomic mass is 16.5. The van der Waals surface area contributed by atoms with Crippen molar-refractivity contribution in [2.45, 2.75) is 31.3 Å². The number of carbonyl (C=O) groups excluding carboxylic acids is 1. The molecule has 0 aromatic heterocycles. The van der Waals surface area contributed by atoms with E-state index in [-0.39, 0.29) is 6.61 Å². The minimum absolute atomic E-state index is 0.247. The van der Waals surface area contributed by atoms with Gasteiger partial charge in [-0.15, -0.1) is 0 Å². The minimum Gasteiger partial charge on any atom is -0.394 e. The number of aliphatic hydroxyl groups is 4. The van der Waals surface area contributed by atoms with E-state index in [9.17, 15) is 20.1 Å². The van der Waals surface area contributed by atoms with E-state index < -0.39 is 36.8 Å². The van der Waals surface area contributed by atoms with Crippen LogP contribution >= 0.6 is 0 Å². The van der Waals surface area contributed by atoms with Crippen LogP contribution in [0.4, 0.5) is 0 Å². The highest BCUT2D eigenvalue weighted by Gasteiger charge is 2.35. The number of carbonyl (C=O) groups is 1. The summed E-state index contributed by atoms with van der Waals surface area (Å²) in [5.41, 5.74) is 0.545. The predicted octanol–water partition coefficient (Wildman–Crippen LogP) is -0.592. The average Bonchev–Trinajstić information content (AvgIpc) is 2.50. The van der Waals surface area contributed by atoms with Gasteiger partial charge in [-0.25, -0.2) is 0 Å². The van der Waals surface area contributed by atoms with Crippen LogP contribution < -0.4 is 0 Å². The molecule has 0 fully saturated rings. The van der Waals surface area contributed by atoms with Gasteiger partial charge in [-0.3, -0.25) is 4.79 Å². The molecule has 6 nitrogen and oxygen atoms in total. The molecule has 112 valence electrons. The van der Waals surface area contributed by atoms with E-state index in [1.54, 1.807) is 37.3 Å². The van der Waals surface area contributed by atoms with Crippen molar-refractivity contribution in [1.29, 1.82) is 0 Å². The summed E-state index contributed by atoms with van der Waals surface area (Å²) >= 11 is 0. The lowest BCUT2D eigenvalue weighted by atomic mass is 9.96. The Kier molecular flexibility index (Phi) is 6.77. The van der Waals surface area contributed by atoms with Crippen LogP contribution in [0.3, 0.4) is 0 Å². The molecule has 0 aliphatic heterocycles. The molecule has 0 saturated heterocycles. The average molecular weight is 284 g/mol. The van der Waals surface area contributed by atoms with Gasteiger partial charge in [0, 0.05) is 6.61 Å². The molecule has 1 aromatic carbocycles. The maximum atomic E-state index is 12.2. The Hall–Kier alpha value is -1.31. The first-order valence-corrected chi connectivity index (χ1v) is 6.38. The van der Waals surface area contributed by atoms with Gasteiger partial charge in [0.05, 0.1) is 6.61 Å². The smallest absolute Gasteiger partial charge is 0.197 e. The zero-order valence-corrected chi connectivity index (χ0v) is 11.2. The molecule has 1 aromatic rings. The molecule has 0 amide bonds. The molecule has 0 aliphatic carbocycles. The fourth-order valence-corrected chi connectivity index (χ4v) is 1.78. The van der Waals surface area contributed by atoms with Crippen molar-refractivity contribution in [1.82, 2.24) is 0 Å². The molecule has 20 heavy (non-hydrogen) atoms. The highest BCUT2D eigenvalue weighted by Crippen LogP contribution is 2.21. The molecular weight excluding hydrogens is 264 g/mol. The first-order chi connectivity index (χ1) is 9.52. The van der Waals surface area contributed by atoms with Crippen LogP contribution in [0.15, 0.2) is 30.3 Å². The molecule has 4 atom stereocenters. The fourth-order valence-electron chi connectivity index (χ4n) is 1.78. The summed E-state index contributed by atoms with van der Waals surface area (Å²) in [4.78, 5) is 12.2. The first kappa shape index (κ1) is 16.7.